The molecule has 0 aromatic carbocycles. The van der Waals surface area contributed by atoms with Crippen LogP contribution < -0.4 is 5.32 Å². The van der Waals surface area contributed by atoms with Gasteiger partial charge in [-0.3, -0.25) is 9.48 Å². The zero-order valence-electron chi connectivity index (χ0n) is 16.5. The fourth-order valence-corrected chi connectivity index (χ4v) is 4.09. The fraction of sp³-hybridized carbons (Fsp3) is 0.750. The number of nitrogens with one attached hydrogen (secondary N) is 1. The number of carbonyl (C=O) groups is 1. The minimum absolute atomic E-state index is 0.0158. The summed E-state index contributed by atoms with van der Waals surface area (Å²) in [6.45, 7) is 5.93. The van der Waals surface area contributed by atoms with E-state index >= 15 is 0 Å². The van der Waals surface area contributed by atoms with Gasteiger partial charge in [-0.25, -0.2) is 0 Å². The highest BCUT2D eigenvalue weighted by Gasteiger charge is 2.40. The summed E-state index contributed by atoms with van der Waals surface area (Å²) in [6, 6.07) is 4.51. The van der Waals surface area contributed by atoms with E-state index in [1.165, 1.54) is 12.8 Å². The van der Waals surface area contributed by atoms with Crippen LogP contribution in [0.25, 0.3) is 0 Å². The maximum atomic E-state index is 12.8. The smallest absolute Gasteiger partial charge is 0.274 e. The zero-order chi connectivity index (χ0) is 19.3. The van der Waals surface area contributed by atoms with Crippen molar-refractivity contribution in [3.63, 3.8) is 0 Å². The van der Waals surface area contributed by atoms with E-state index < -0.39 is 0 Å². The number of likely N-dealkylation sites (tertiary alicyclic amines) is 1. The first kappa shape index (κ1) is 19.8. The minimum Gasteiger partial charge on any atom is -0.384 e. The predicted octanol–water partition coefficient (Wildman–Crippen LogP) is 2.05. The van der Waals surface area contributed by atoms with Gasteiger partial charge in [-0.2, -0.15) is 10.4 Å². The van der Waals surface area contributed by atoms with Crippen molar-refractivity contribution in [1.29, 1.82) is 5.26 Å². The van der Waals surface area contributed by atoms with Gasteiger partial charge in [0.25, 0.3) is 5.91 Å². The Labute approximate surface area is 161 Å². The van der Waals surface area contributed by atoms with Crippen LogP contribution in [-0.2, 0) is 11.3 Å². The third-order valence-electron chi connectivity index (χ3n) is 6.06. The largest absolute Gasteiger partial charge is 0.384 e. The van der Waals surface area contributed by atoms with Crippen LogP contribution >= 0.6 is 0 Å². The third kappa shape index (κ3) is 4.88. The Morgan fingerprint density at radius 1 is 1.48 bits per heavy atom. The molecule has 2 fully saturated rings. The van der Waals surface area contributed by atoms with Gasteiger partial charge in [-0.15, -0.1) is 0 Å². The van der Waals surface area contributed by atoms with Crippen LogP contribution in [0.1, 0.15) is 49.5 Å². The molecule has 7 nitrogen and oxygen atoms in total. The lowest BCUT2D eigenvalue weighted by atomic mass is 9.78. The highest BCUT2D eigenvalue weighted by Crippen LogP contribution is 2.36. The van der Waals surface area contributed by atoms with E-state index in [0.29, 0.717) is 24.7 Å². The minimum atomic E-state index is -0.0158. The van der Waals surface area contributed by atoms with E-state index in [1.807, 2.05) is 4.90 Å². The number of hydrogen-bond donors (Lipinski definition) is 1. The van der Waals surface area contributed by atoms with Crippen LogP contribution in [0.5, 0.6) is 0 Å². The molecular weight excluding hydrogens is 342 g/mol. The number of rotatable bonds is 9. The van der Waals surface area contributed by atoms with Gasteiger partial charge in [0, 0.05) is 44.4 Å². The van der Waals surface area contributed by atoms with Gasteiger partial charge in [-0.1, -0.05) is 13.3 Å². The normalized spacial score (nSPS) is 23.8. The van der Waals surface area contributed by atoms with Crippen molar-refractivity contribution >= 4 is 5.91 Å². The molecule has 27 heavy (non-hydrogen) atoms. The third-order valence-corrected chi connectivity index (χ3v) is 6.06. The lowest BCUT2D eigenvalue weighted by Gasteiger charge is -2.41. The second-order valence-electron chi connectivity index (χ2n) is 7.99. The highest BCUT2D eigenvalue weighted by atomic mass is 16.5. The number of hydrogen-bond acceptors (Lipinski definition) is 5. The van der Waals surface area contributed by atoms with Crippen molar-refractivity contribution in [3.05, 3.63) is 18.0 Å². The van der Waals surface area contributed by atoms with Crippen LogP contribution in [0.4, 0.5) is 0 Å². The second-order valence-corrected chi connectivity index (χ2v) is 7.99. The number of aryl methyl sites for hydroxylation is 1. The molecule has 1 aliphatic carbocycles. The molecular formula is C20H31N5O2. The van der Waals surface area contributed by atoms with Crippen LogP contribution in [0.15, 0.2) is 12.3 Å². The van der Waals surface area contributed by atoms with Crippen molar-refractivity contribution in [2.45, 2.75) is 51.6 Å². The van der Waals surface area contributed by atoms with Gasteiger partial charge in [0.15, 0.2) is 0 Å². The van der Waals surface area contributed by atoms with Crippen molar-refractivity contribution in [2.75, 3.05) is 33.4 Å². The second kappa shape index (κ2) is 8.85. The van der Waals surface area contributed by atoms with Crippen molar-refractivity contribution in [2.24, 2.45) is 11.3 Å². The molecule has 2 aliphatic rings. The molecule has 1 unspecified atom stereocenters. The summed E-state index contributed by atoms with van der Waals surface area (Å²) in [6.07, 6.45) is 6.59. The van der Waals surface area contributed by atoms with Gasteiger partial charge in [0.05, 0.1) is 25.6 Å². The predicted molar refractivity (Wildman–Crippen MR) is 102 cm³/mol. The molecule has 1 aromatic rings. The summed E-state index contributed by atoms with van der Waals surface area (Å²) >= 11 is 0. The van der Waals surface area contributed by atoms with E-state index in [9.17, 15) is 4.79 Å². The van der Waals surface area contributed by atoms with E-state index in [0.717, 1.165) is 45.0 Å². The van der Waals surface area contributed by atoms with Crippen molar-refractivity contribution in [3.8, 4) is 6.07 Å². The Bertz CT molecular complexity index is 672. The zero-order valence-corrected chi connectivity index (χ0v) is 16.5. The lowest BCUT2D eigenvalue weighted by molar-refractivity contribution is 0.0198. The first-order chi connectivity index (χ1) is 13.1. The van der Waals surface area contributed by atoms with Crippen LogP contribution in [0, 0.1) is 22.7 Å². The molecule has 1 saturated carbocycles. The Balaban J connectivity index is 1.53. The summed E-state index contributed by atoms with van der Waals surface area (Å²) in [5.74, 6) is 0.820. The maximum Gasteiger partial charge on any atom is 0.274 e. The van der Waals surface area contributed by atoms with Gasteiger partial charge in [0.1, 0.15) is 5.69 Å². The average Bonchev–Trinajstić information content (AvgIpc) is 3.30. The number of nitriles is 1. The molecule has 148 valence electrons. The number of methoxy groups -OCH3 is 1. The molecule has 0 bridgehead atoms. The molecule has 2 atom stereocenters. The summed E-state index contributed by atoms with van der Waals surface area (Å²) in [5, 5.41) is 16.7. The Morgan fingerprint density at radius 3 is 2.89 bits per heavy atom. The number of amides is 1. The molecule has 0 spiro atoms. The first-order valence-electron chi connectivity index (χ1n) is 10.0. The van der Waals surface area contributed by atoms with E-state index in [-0.39, 0.29) is 11.3 Å². The number of ether oxygens (including phenoxy) is 1. The standard InChI is InChI=1S/C20H31N5O2/c1-3-16-13-18(16)22-14-20(15-27-2)6-11-24(12-7-20)19(26)17-5-10-25(23-17)9-4-8-21/h5,10,16,18,22H,3-4,6-7,9,11-15H2,1-2H3/t16?,18-/m1/s1. The summed E-state index contributed by atoms with van der Waals surface area (Å²) in [7, 11) is 1.76. The average molecular weight is 374 g/mol. The quantitative estimate of drug-likeness (QED) is 0.716. The maximum absolute atomic E-state index is 12.8. The molecule has 1 amide bonds. The number of aromatic nitrogens is 2. The van der Waals surface area contributed by atoms with E-state index in [2.05, 4.69) is 23.4 Å². The first-order valence-corrected chi connectivity index (χ1v) is 10.0. The SMILES string of the molecule is CCC1C[C@H]1NCC1(COC)CCN(C(=O)c2ccn(CCC#N)n2)CC1. The van der Waals surface area contributed by atoms with E-state index in [4.69, 9.17) is 10.00 Å². The van der Waals surface area contributed by atoms with Crippen LogP contribution in [0.3, 0.4) is 0 Å². The van der Waals surface area contributed by atoms with Crippen molar-refractivity contribution < 1.29 is 9.53 Å². The summed E-state index contributed by atoms with van der Waals surface area (Å²) < 4.78 is 7.19. The van der Waals surface area contributed by atoms with Crippen LogP contribution in [-0.4, -0.2) is 60.0 Å². The molecule has 1 N–H and O–H groups in total. The number of nitrogens with zero attached hydrogens (tertiary/aromatic N) is 4. The molecule has 1 aliphatic heterocycles. The molecule has 0 radical (unpaired) electrons. The van der Waals surface area contributed by atoms with Gasteiger partial charge in [-0.05, 0) is 31.2 Å². The molecule has 2 heterocycles. The molecule has 3 rings (SSSR count). The lowest BCUT2D eigenvalue weighted by Crippen LogP contribution is -2.49. The Kier molecular flexibility index (Phi) is 6.51. The molecule has 7 heteroatoms. The molecule has 1 saturated heterocycles. The number of carbonyl (C=O) groups excluding carboxylic acids is 1. The van der Waals surface area contributed by atoms with Gasteiger partial charge >= 0.3 is 0 Å². The van der Waals surface area contributed by atoms with Gasteiger partial charge < -0.3 is 15.0 Å². The Morgan fingerprint density at radius 2 is 2.26 bits per heavy atom. The van der Waals surface area contributed by atoms with Gasteiger partial charge in [0.2, 0.25) is 0 Å². The number of piperidine rings is 1. The Hall–Kier alpha value is -1.91. The van der Waals surface area contributed by atoms with Crippen molar-refractivity contribution in [1.82, 2.24) is 20.0 Å². The summed E-state index contributed by atoms with van der Waals surface area (Å²) in [5.41, 5.74) is 0.576. The fourth-order valence-electron chi connectivity index (χ4n) is 4.09. The topological polar surface area (TPSA) is 83.2 Å². The monoisotopic (exact) mass is 373 g/mol. The summed E-state index contributed by atoms with van der Waals surface area (Å²) in [4.78, 5) is 14.7. The highest BCUT2D eigenvalue weighted by molar-refractivity contribution is 5.92. The van der Waals surface area contributed by atoms with Crippen LogP contribution in [0.2, 0.25) is 0 Å². The molecule has 1 aromatic heterocycles. The van der Waals surface area contributed by atoms with E-state index in [1.54, 1.807) is 24.1 Å².